The van der Waals surface area contributed by atoms with Gasteiger partial charge in [-0.3, -0.25) is 0 Å². The number of amides is 2. The quantitative estimate of drug-likeness (QED) is 0.701. The minimum absolute atomic E-state index is 0.287. The van der Waals surface area contributed by atoms with Crippen LogP contribution in [0, 0.1) is 5.82 Å². The molecule has 1 aromatic carbocycles. The van der Waals surface area contributed by atoms with Crippen molar-refractivity contribution in [2.75, 3.05) is 11.6 Å². The van der Waals surface area contributed by atoms with E-state index < -0.39 is 12.1 Å². The van der Waals surface area contributed by atoms with E-state index in [9.17, 15) is 14.3 Å². The normalized spacial score (nSPS) is 13.4. The maximum absolute atomic E-state index is 13.7. The summed E-state index contributed by atoms with van der Waals surface area (Å²) in [6, 6.07) is 7.14. The molecule has 0 radical (unpaired) electrons. The number of nitrogens with one attached hydrogen (secondary N) is 2. The maximum atomic E-state index is 13.7. The number of hydrogen-bond acceptors (Lipinski definition) is 4. The number of aliphatic hydroxyl groups excluding tert-OH is 1. The van der Waals surface area contributed by atoms with E-state index in [1.807, 2.05) is 0 Å². The number of carbonyl (C=O) groups excluding carboxylic acids is 1. The molecule has 0 aliphatic heterocycles. The van der Waals surface area contributed by atoms with Crippen LogP contribution in [-0.2, 0) is 0 Å². The van der Waals surface area contributed by atoms with Crippen molar-refractivity contribution in [1.82, 2.24) is 5.32 Å². The van der Waals surface area contributed by atoms with E-state index in [1.165, 1.54) is 24.1 Å². The Bertz CT molecular complexity index is 649. The highest BCUT2D eigenvalue weighted by Gasteiger charge is 2.16. The summed E-state index contributed by atoms with van der Waals surface area (Å²) in [5, 5.41) is 15.2. The van der Waals surface area contributed by atoms with Gasteiger partial charge in [0.1, 0.15) is 17.7 Å². The Morgan fingerprint density at radius 2 is 2.22 bits per heavy atom. The molecule has 2 rings (SSSR count). The van der Waals surface area contributed by atoms with E-state index >= 15 is 0 Å². The molecule has 1 aromatic heterocycles. The topological polar surface area (TPSA) is 74.5 Å². The Morgan fingerprint density at radius 1 is 1.43 bits per heavy atom. The molecule has 7 heteroatoms. The first-order valence-corrected chi connectivity index (χ1v) is 8.34. The predicted molar refractivity (Wildman–Crippen MR) is 88.1 cm³/mol. The highest BCUT2D eigenvalue weighted by molar-refractivity contribution is 7.98. The Balaban J connectivity index is 1.85. The van der Waals surface area contributed by atoms with Crippen molar-refractivity contribution >= 4 is 23.5 Å². The molecule has 0 bridgehead atoms. The molecule has 5 nitrogen and oxygen atoms in total. The minimum atomic E-state index is -0.793. The van der Waals surface area contributed by atoms with Crippen molar-refractivity contribution in [1.29, 1.82) is 0 Å². The van der Waals surface area contributed by atoms with Crippen LogP contribution >= 0.6 is 11.8 Å². The summed E-state index contributed by atoms with van der Waals surface area (Å²) in [5.74, 6) is 0.0744. The molecule has 2 aromatic rings. The number of halogens is 1. The average molecular weight is 338 g/mol. The number of anilines is 1. The third-order valence-corrected chi connectivity index (χ3v) is 4.01. The lowest BCUT2D eigenvalue weighted by Gasteiger charge is -2.17. The molecular formula is C16H19FN2O3S. The van der Waals surface area contributed by atoms with Crippen LogP contribution < -0.4 is 10.6 Å². The van der Waals surface area contributed by atoms with Gasteiger partial charge in [0.25, 0.3) is 0 Å². The van der Waals surface area contributed by atoms with E-state index in [1.54, 1.807) is 37.4 Å². The fourth-order valence-corrected chi connectivity index (χ4v) is 2.58. The van der Waals surface area contributed by atoms with Gasteiger partial charge >= 0.3 is 6.03 Å². The SMILES string of the molecule is CSc1ccc(NC(=O)N[C@@H](C)C[C@H](O)c2ccco2)cc1F. The Hall–Kier alpha value is -1.99. The monoisotopic (exact) mass is 338 g/mol. The lowest BCUT2D eigenvalue weighted by molar-refractivity contribution is 0.130. The Kier molecular flexibility index (Phi) is 6.06. The van der Waals surface area contributed by atoms with Gasteiger partial charge in [-0.25, -0.2) is 9.18 Å². The molecule has 0 unspecified atom stereocenters. The number of aliphatic hydroxyl groups is 1. The number of furan rings is 1. The van der Waals surface area contributed by atoms with E-state index in [4.69, 9.17) is 4.42 Å². The summed E-state index contributed by atoms with van der Waals surface area (Å²) in [4.78, 5) is 12.4. The van der Waals surface area contributed by atoms with Crippen molar-refractivity contribution in [3.05, 3.63) is 48.2 Å². The molecular weight excluding hydrogens is 319 g/mol. The Labute approximate surface area is 138 Å². The molecule has 1 heterocycles. The zero-order valence-electron chi connectivity index (χ0n) is 12.9. The second kappa shape index (κ2) is 8.03. The van der Waals surface area contributed by atoms with Gasteiger partial charge in [0.2, 0.25) is 0 Å². The predicted octanol–water partition coefficient (Wildman–Crippen LogP) is 3.77. The summed E-state index contributed by atoms with van der Waals surface area (Å²) in [6.45, 7) is 1.77. The highest BCUT2D eigenvalue weighted by atomic mass is 32.2. The lowest BCUT2D eigenvalue weighted by Crippen LogP contribution is -2.37. The van der Waals surface area contributed by atoms with Crippen LogP contribution in [0.5, 0.6) is 0 Å². The van der Waals surface area contributed by atoms with Crippen LogP contribution in [0.4, 0.5) is 14.9 Å². The number of benzene rings is 1. The molecule has 0 spiro atoms. The number of urea groups is 1. The Morgan fingerprint density at radius 3 is 2.83 bits per heavy atom. The van der Waals surface area contributed by atoms with Crippen molar-refractivity contribution in [2.45, 2.75) is 30.4 Å². The van der Waals surface area contributed by atoms with Crippen molar-refractivity contribution in [3.8, 4) is 0 Å². The largest absolute Gasteiger partial charge is 0.467 e. The molecule has 3 N–H and O–H groups in total. The number of thioether (sulfide) groups is 1. The zero-order chi connectivity index (χ0) is 16.8. The third-order valence-electron chi connectivity index (χ3n) is 3.24. The number of hydrogen-bond donors (Lipinski definition) is 3. The molecule has 0 aliphatic carbocycles. The van der Waals surface area contributed by atoms with E-state index in [0.717, 1.165) is 0 Å². The van der Waals surface area contributed by atoms with Gasteiger partial charge in [-0.2, -0.15) is 0 Å². The molecule has 23 heavy (non-hydrogen) atoms. The fourth-order valence-electron chi connectivity index (χ4n) is 2.13. The van der Waals surface area contributed by atoms with Gasteiger partial charge in [0, 0.05) is 23.0 Å². The second-order valence-corrected chi connectivity index (χ2v) is 5.96. The molecule has 2 atom stereocenters. The first kappa shape index (κ1) is 17.4. The summed E-state index contributed by atoms with van der Waals surface area (Å²) >= 11 is 1.30. The zero-order valence-corrected chi connectivity index (χ0v) is 13.7. The number of carbonyl (C=O) groups is 1. The standard InChI is InChI=1S/C16H19FN2O3S/c1-10(8-13(20)14-4-3-7-22-14)18-16(21)19-11-5-6-15(23-2)12(17)9-11/h3-7,9-10,13,20H,8H2,1-2H3,(H2,18,19,21)/t10-,13-/m0/s1. The van der Waals surface area contributed by atoms with Gasteiger partial charge in [-0.05, 0) is 43.5 Å². The van der Waals surface area contributed by atoms with E-state index in [0.29, 0.717) is 22.8 Å². The first-order chi connectivity index (χ1) is 11.0. The van der Waals surface area contributed by atoms with Crippen molar-refractivity contribution < 1.29 is 18.7 Å². The van der Waals surface area contributed by atoms with Crippen molar-refractivity contribution in [3.63, 3.8) is 0 Å². The van der Waals surface area contributed by atoms with Crippen LogP contribution in [0.2, 0.25) is 0 Å². The molecule has 0 fully saturated rings. The van der Waals surface area contributed by atoms with Gasteiger partial charge < -0.3 is 20.2 Å². The van der Waals surface area contributed by atoms with Crippen LogP contribution in [0.3, 0.4) is 0 Å². The van der Waals surface area contributed by atoms with Gasteiger partial charge in [-0.1, -0.05) is 0 Å². The fraction of sp³-hybridized carbons (Fsp3) is 0.312. The summed E-state index contributed by atoms with van der Waals surface area (Å²) in [5.41, 5.74) is 0.372. The van der Waals surface area contributed by atoms with Crippen LogP contribution in [0.15, 0.2) is 45.9 Å². The minimum Gasteiger partial charge on any atom is -0.467 e. The van der Waals surface area contributed by atoms with Gasteiger partial charge in [0.15, 0.2) is 0 Å². The molecule has 124 valence electrons. The second-order valence-electron chi connectivity index (χ2n) is 5.12. The lowest BCUT2D eigenvalue weighted by atomic mass is 10.1. The summed E-state index contributed by atoms with van der Waals surface area (Å²) < 4.78 is 18.8. The van der Waals surface area contributed by atoms with E-state index in [-0.39, 0.29) is 11.9 Å². The maximum Gasteiger partial charge on any atom is 0.319 e. The van der Waals surface area contributed by atoms with Gasteiger partial charge in [0.05, 0.1) is 6.26 Å². The summed E-state index contributed by atoms with van der Waals surface area (Å²) in [7, 11) is 0. The first-order valence-electron chi connectivity index (χ1n) is 7.12. The molecule has 0 saturated heterocycles. The summed E-state index contributed by atoms with van der Waals surface area (Å²) in [6.07, 6.45) is 2.78. The highest BCUT2D eigenvalue weighted by Crippen LogP contribution is 2.22. The molecule has 0 saturated carbocycles. The smallest absolute Gasteiger partial charge is 0.319 e. The van der Waals surface area contributed by atoms with Crippen LogP contribution in [-0.4, -0.2) is 23.4 Å². The van der Waals surface area contributed by atoms with Crippen LogP contribution in [0.25, 0.3) is 0 Å². The average Bonchev–Trinajstić information content (AvgIpc) is 3.01. The van der Waals surface area contributed by atoms with Crippen LogP contribution in [0.1, 0.15) is 25.2 Å². The molecule has 0 aliphatic rings. The number of rotatable bonds is 6. The van der Waals surface area contributed by atoms with Crippen molar-refractivity contribution in [2.24, 2.45) is 0 Å². The third kappa shape index (κ3) is 5.01. The van der Waals surface area contributed by atoms with E-state index in [2.05, 4.69) is 10.6 Å². The van der Waals surface area contributed by atoms with Gasteiger partial charge in [-0.15, -0.1) is 11.8 Å². The molecule has 2 amide bonds.